The smallest absolute Gasteiger partial charge is 0.0584 e. The van der Waals surface area contributed by atoms with E-state index in [0.717, 1.165) is 30.6 Å². The van der Waals surface area contributed by atoms with Crippen LogP contribution in [-0.2, 0) is 4.74 Å². The molecule has 0 aliphatic carbocycles. The molecular formula is C10H21NO2S. The van der Waals surface area contributed by atoms with Crippen LogP contribution in [0.25, 0.3) is 0 Å². The first kappa shape index (κ1) is 12.3. The molecule has 1 rings (SSSR count). The molecule has 1 saturated heterocycles. The summed E-state index contributed by atoms with van der Waals surface area (Å²) in [5.74, 6) is 1.14. The van der Waals surface area contributed by atoms with Crippen LogP contribution in [0.1, 0.15) is 19.3 Å². The molecule has 84 valence electrons. The van der Waals surface area contributed by atoms with Crippen molar-refractivity contribution in [2.75, 3.05) is 32.6 Å². The molecule has 0 amide bonds. The highest BCUT2D eigenvalue weighted by atomic mass is 32.2. The van der Waals surface area contributed by atoms with Crippen molar-refractivity contribution >= 4 is 11.8 Å². The van der Waals surface area contributed by atoms with Gasteiger partial charge in [0.2, 0.25) is 0 Å². The van der Waals surface area contributed by atoms with Crippen LogP contribution in [0, 0.1) is 0 Å². The van der Waals surface area contributed by atoms with Crippen molar-refractivity contribution in [2.24, 2.45) is 0 Å². The van der Waals surface area contributed by atoms with Crippen molar-refractivity contribution in [3.63, 3.8) is 0 Å². The topological polar surface area (TPSA) is 41.5 Å². The van der Waals surface area contributed by atoms with Crippen LogP contribution in [0.5, 0.6) is 0 Å². The normalized spacial score (nSPS) is 21.0. The second-order valence-electron chi connectivity index (χ2n) is 3.64. The van der Waals surface area contributed by atoms with Gasteiger partial charge in [-0.1, -0.05) is 0 Å². The third-order valence-corrected chi connectivity index (χ3v) is 4.03. The van der Waals surface area contributed by atoms with Crippen LogP contribution in [0.2, 0.25) is 0 Å². The molecule has 1 aliphatic heterocycles. The highest BCUT2D eigenvalue weighted by Crippen LogP contribution is 2.22. The molecule has 3 nitrogen and oxygen atoms in total. The number of aliphatic hydroxyl groups is 1. The van der Waals surface area contributed by atoms with Crippen LogP contribution in [0.15, 0.2) is 0 Å². The van der Waals surface area contributed by atoms with Crippen molar-refractivity contribution < 1.29 is 9.84 Å². The third-order valence-electron chi connectivity index (χ3n) is 2.62. The van der Waals surface area contributed by atoms with Crippen molar-refractivity contribution in [3.05, 3.63) is 0 Å². The molecule has 0 aromatic carbocycles. The third kappa shape index (κ3) is 4.64. The van der Waals surface area contributed by atoms with E-state index in [-0.39, 0.29) is 12.6 Å². The fourth-order valence-electron chi connectivity index (χ4n) is 1.55. The van der Waals surface area contributed by atoms with Gasteiger partial charge >= 0.3 is 0 Å². The van der Waals surface area contributed by atoms with Crippen molar-refractivity contribution in [1.29, 1.82) is 0 Å². The maximum atomic E-state index is 8.97. The lowest BCUT2D eigenvalue weighted by molar-refractivity contribution is 0.1000. The second-order valence-corrected chi connectivity index (χ2v) is 5.05. The van der Waals surface area contributed by atoms with E-state index in [1.165, 1.54) is 12.8 Å². The quantitative estimate of drug-likeness (QED) is 0.695. The monoisotopic (exact) mass is 219 g/mol. The molecule has 14 heavy (non-hydrogen) atoms. The molecular weight excluding hydrogens is 198 g/mol. The van der Waals surface area contributed by atoms with Gasteiger partial charge in [-0.3, -0.25) is 0 Å². The summed E-state index contributed by atoms with van der Waals surface area (Å²) < 4.78 is 5.30. The van der Waals surface area contributed by atoms with Crippen molar-refractivity contribution in [3.8, 4) is 0 Å². The Morgan fingerprint density at radius 3 is 2.79 bits per heavy atom. The molecule has 0 aromatic rings. The Morgan fingerprint density at radius 2 is 2.21 bits per heavy atom. The minimum absolute atomic E-state index is 0.241. The first-order valence-corrected chi connectivity index (χ1v) is 6.39. The summed E-state index contributed by atoms with van der Waals surface area (Å²) in [5.41, 5.74) is 0. The highest BCUT2D eigenvalue weighted by Gasteiger charge is 2.14. The number of ether oxygens (including phenoxy) is 1. The summed E-state index contributed by atoms with van der Waals surface area (Å²) in [6, 6.07) is 0.266. The lowest BCUT2D eigenvalue weighted by Crippen LogP contribution is -2.29. The van der Waals surface area contributed by atoms with Gasteiger partial charge in [-0.15, -0.1) is 0 Å². The van der Waals surface area contributed by atoms with E-state index in [1.54, 1.807) is 0 Å². The number of hydrogen-bond donors (Lipinski definition) is 2. The summed E-state index contributed by atoms with van der Waals surface area (Å²) in [7, 11) is 1.90. The van der Waals surface area contributed by atoms with E-state index >= 15 is 0 Å². The summed E-state index contributed by atoms with van der Waals surface area (Å²) in [6.45, 7) is 2.09. The van der Waals surface area contributed by atoms with Gasteiger partial charge in [0.05, 0.1) is 6.61 Å². The first-order chi connectivity index (χ1) is 6.86. The zero-order chi connectivity index (χ0) is 10.2. The Balaban J connectivity index is 2.01. The summed E-state index contributed by atoms with van der Waals surface area (Å²) in [6.07, 6.45) is 3.43. The van der Waals surface area contributed by atoms with E-state index in [4.69, 9.17) is 9.84 Å². The molecule has 0 saturated carbocycles. The summed E-state index contributed by atoms with van der Waals surface area (Å²) >= 11 is 2.03. The van der Waals surface area contributed by atoms with Gasteiger partial charge in [0.15, 0.2) is 0 Å². The molecule has 1 unspecified atom stereocenters. The molecule has 0 radical (unpaired) electrons. The summed E-state index contributed by atoms with van der Waals surface area (Å²) in [5, 5.41) is 12.9. The number of rotatable bonds is 6. The average Bonchev–Trinajstić information content (AvgIpc) is 2.26. The largest absolute Gasteiger partial charge is 0.395 e. The minimum Gasteiger partial charge on any atom is -0.395 e. The Hall–Kier alpha value is 0.230. The van der Waals surface area contributed by atoms with Crippen LogP contribution in [0.4, 0.5) is 0 Å². The number of likely N-dealkylation sites (N-methyl/N-ethyl adjacent to an activating group) is 1. The molecule has 0 spiro atoms. The molecule has 2 N–H and O–H groups in total. The van der Waals surface area contributed by atoms with Crippen LogP contribution >= 0.6 is 11.8 Å². The standard InChI is InChI=1S/C10H21NO2S/c1-11-9(8-12)4-7-14-10-2-5-13-6-3-10/h9-12H,2-8H2,1H3. The summed E-state index contributed by atoms with van der Waals surface area (Å²) in [4.78, 5) is 0. The maximum absolute atomic E-state index is 8.97. The van der Waals surface area contributed by atoms with Gasteiger partial charge in [0, 0.05) is 24.5 Å². The molecule has 0 bridgehead atoms. The van der Waals surface area contributed by atoms with Gasteiger partial charge in [0.1, 0.15) is 0 Å². The predicted octanol–water partition coefficient (Wildman–Crippen LogP) is 0.869. The predicted molar refractivity (Wildman–Crippen MR) is 60.8 cm³/mol. The van der Waals surface area contributed by atoms with E-state index in [9.17, 15) is 0 Å². The first-order valence-electron chi connectivity index (χ1n) is 5.34. The minimum atomic E-state index is 0.241. The highest BCUT2D eigenvalue weighted by molar-refractivity contribution is 7.99. The molecule has 1 atom stereocenters. The van der Waals surface area contributed by atoms with Crippen molar-refractivity contribution in [2.45, 2.75) is 30.6 Å². The zero-order valence-corrected chi connectivity index (χ0v) is 9.68. The van der Waals surface area contributed by atoms with E-state index in [1.807, 2.05) is 18.8 Å². The second kappa shape index (κ2) is 7.51. The Bertz CT molecular complexity index is 136. The molecule has 1 aliphatic rings. The zero-order valence-electron chi connectivity index (χ0n) is 8.87. The lowest BCUT2D eigenvalue weighted by atomic mass is 10.2. The van der Waals surface area contributed by atoms with Gasteiger partial charge in [0.25, 0.3) is 0 Å². The number of nitrogens with one attached hydrogen (secondary N) is 1. The van der Waals surface area contributed by atoms with Crippen LogP contribution in [0.3, 0.4) is 0 Å². The molecule has 1 fully saturated rings. The lowest BCUT2D eigenvalue weighted by Gasteiger charge is -2.22. The van der Waals surface area contributed by atoms with Gasteiger partial charge in [-0.05, 0) is 32.1 Å². The number of thioether (sulfide) groups is 1. The fourth-order valence-corrected chi connectivity index (χ4v) is 2.83. The van der Waals surface area contributed by atoms with Gasteiger partial charge in [-0.25, -0.2) is 0 Å². The van der Waals surface area contributed by atoms with E-state index < -0.39 is 0 Å². The fraction of sp³-hybridized carbons (Fsp3) is 1.00. The van der Waals surface area contributed by atoms with Crippen LogP contribution < -0.4 is 5.32 Å². The van der Waals surface area contributed by atoms with Gasteiger partial charge < -0.3 is 15.2 Å². The molecule has 4 heteroatoms. The Labute approximate surface area is 90.6 Å². The van der Waals surface area contributed by atoms with E-state index in [2.05, 4.69) is 5.32 Å². The maximum Gasteiger partial charge on any atom is 0.0584 e. The SMILES string of the molecule is CNC(CO)CCSC1CCOCC1. The Morgan fingerprint density at radius 1 is 1.50 bits per heavy atom. The molecule has 1 heterocycles. The average molecular weight is 219 g/mol. The number of hydrogen-bond acceptors (Lipinski definition) is 4. The van der Waals surface area contributed by atoms with Gasteiger partial charge in [-0.2, -0.15) is 11.8 Å². The van der Waals surface area contributed by atoms with E-state index in [0.29, 0.717) is 0 Å². The number of aliphatic hydroxyl groups excluding tert-OH is 1. The molecule has 0 aromatic heterocycles. The van der Waals surface area contributed by atoms with Crippen molar-refractivity contribution in [1.82, 2.24) is 5.32 Å². The van der Waals surface area contributed by atoms with Crippen LogP contribution in [-0.4, -0.2) is 49.0 Å². The Kier molecular flexibility index (Phi) is 6.60.